The number of likely N-dealkylation sites (N-methyl/N-ethyl adjacent to an activating group) is 1. The first kappa shape index (κ1) is 20.6. The summed E-state index contributed by atoms with van der Waals surface area (Å²) in [6.45, 7) is 7.01. The van der Waals surface area contributed by atoms with E-state index in [-0.39, 0.29) is 29.9 Å². The SMILES string of the molecule is CN(CC(=O)NC(C)(C)C)C(=O)CN1CCc2sccc2C1c1ccccc1. The van der Waals surface area contributed by atoms with Crippen LogP contribution in [0.1, 0.15) is 42.8 Å². The average molecular weight is 400 g/mol. The van der Waals surface area contributed by atoms with Crippen molar-refractivity contribution >= 4 is 23.2 Å². The van der Waals surface area contributed by atoms with Crippen LogP contribution in [0.15, 0.2) is 41.8 Å². The van der Waals surface area contributed by atoms with E-state index in [0.29, 0.717) is 6.54 Å². The summed E-state index contributed by atoms with van der Waals surface area (Å²) in [5.74, 6) is -0.176. The summed E-state index contributed by atoms with van der Waals surface area (Å²) in [6, 6.07) is 12.6. The Morgan fingerprint density at radius 2 is 1.93 bits per heavy atom. The molecule has 1 aliphatic rings. The maximum Gasteiger partial charge on any atom is 0.240 e. The van der Waals surface area contributed by atoms with Crippen LogP contribution in [0.5, 0.6) is 0 Å². The maximum absolute atomic E-state index is 12.8. The quantitative estimate of drug-likeness (QED) is 0.841. The Balaban J connectivity index is 1.71. The number of carbonyl (C=O) groups is 2. The van der Waals surface area contributed by atoms with Crippen LogP contribution in [0.4, 0.5) is 0 Å². The third-order valence-electron chi connectivity index (χ3n) is 4.84. The molecule has 2 aromatic rings. The molecule has 1 N–H and O–H groups in total. The Bertz CT molecular complexity index is 826. The number of benzene rings is 1. The fourth-order valence-corrected chi connectivity index (χ4v) is 4.52. The first-order valence-corrected chi connectivity index (χ1v) is 10.5. The zero-order valence-corrected chi connectivity index (χ0v) is 17.9. The lowest BCUT2D eigenvalue weighted by molar-refractivity contribution is -0.136. The Morgan fingerprint density at radius 3 is 2.61 bits per heavy atom. The van der Waals surface area contributed by atoms with Crippen molar-refractivity contribution in [2.24, 2.45) is 0 Å². The second-order valence-electron chi connectivity index (χ2n) is 8.38. The Labute approximate surface area is 171 Å². The highest BCUT2D eigenvalue weighted by Crippen LogP contribution is 2.37. The van der Waals surface area contributed by atoms with Gasteiger partial charge in [0, 0.05) is 24.0 Å². The Morgan fingerprint density at radius 1 is 1.21 bits per heavy atom. The molecule has 6 heteroatoms. The zero-order chi connectivity index (χ0) is 20.3. The van der Waals surface area contributed by atoms with E-state index in [0.717, 1.165) is 13.0 Å². The number of hydrogen-bond acceptors (Lipinski definition) is 4. The predicted molar refractivity (Wildman–Crippen MR) is 113 cm³/mol. The van der Waals surface area contributed by atoms with Crippen molar-refractivity contribution in [1.82, 2.24) is 15.1 Å². The molecule has 2 amide bonds. The molecule has 0 aliphatic carbocycles. The summed E-state index contributed by atoms with van der Waals surface area (Å²) in [5.41, 5.74) is 2.19. The molecule has 150 valence electrons. The maximum atomic E-state index is 12.8. The van der Waals surface area contributed by atoms with Crippen LogP contribution < -0.4 is 5.32 Å². The van der Waals surface area contributed by atoms with Crippen LogP contribution in [-0.4, -0.2) is 53.8 Å². The van der Waals surface area contributed by atoms with Gasteiger partial charge < -0.3 is 10.2 Å². The average Bonchev–Trinajstić information content (AvgIpc) is 3.09. The van der Waals surface area contributed by atoms with Crippen LogP contribution >= 0.6 is 11.3 Å². The first-order valence-electron chi connectivity index (χ1n) is 9.65. The lowest BCUT2D eigenvalue weighted by atomic mass is 9.93. The molecule has 1 aliphatic heterocycles. The van der Waals surface area contributed by atoms with Crippen molar-refractivity contribution in [2.75, 3.05) is 26.7 Å². The smallest absolute Gasteiger partial charge is 0.240 e. The summed E-state index contributed by atoms with van der Waals surface area (Å²) < 4.78 is 0. The van der Waals surface area contributed by atoms with E-state index in [4.69, 9.17) is 0 Å². The number of nitrogens with zero attached hydrogens (tertiary/aromatic N) is 2. The molecular weight excluding hydrogens is 370 g/mol. The van der Waals surface area contributed by atoms with Gasteiger partial charge in [0.25, 0.3) is 0 Å². The molecular formula is C22H29N3O2S. The van der Waals surface area contributed by atoms with Gasteiger partial charge in [-0.2, -0.15) is 0 Å². The third kappa shape index (κ3) is 5.00. The van der Waals surface area contributed by atoms with Gasteiger partial charge in [-0.25, -0.2) is 0 Å². The van der Waals surface area contributed by atoms with E-state index in [9.17, 15) is 9.59 Å². The van der Waals surface area contributed by atoms with Crippen LogP contribution in [0, 0.1) is 0 Å². The molecule has 0 bridgehead atoms. The van der Waals surface area contributed by atoms with Gasteiger partial charge in [-0.1, -0.05) is 30.3 Å². The second kappa shape index (κ2) is 8.45. The highest BCUT2D eigenvalue weighted by Gasteiger charge is 2.31. The van der Waals surface area contributed by atoms with Crippen molar-refractivity contribution in [1.29, 1.82) is 0 Å². The van der Waals surface area contributed by atoms with Gasteiger partial charge in [0.2, 0.25) is 11.8 Å². The van der Waals surface area contributed by atoms with Gasteiger partial charge in [0.1, 0.15) is 0 Å². The van der Waals surface area contributed by atoms with Crippen molar-refractivity contribution in [2.45, 2.75) is 38.8 Å². The summed E-state index contributed by atoms with van der Waals surface area (Å²) in [6.07, 6.45) is 0.956. The van der Waals surface area contributed by atoms with Crippen molar-refractivity contribution < 1.29 is 9.59 Å². The largest absolute Gasteiger partial charge is 0.350 e. The van der Waals surface area contributed by atoms with Gasteiger partial charge in [-0.15, -0.1) is 11.3 Å². The topological polar surface area (TPSA) is 52.7 Å². The fourth-order valence-electron chi connectivity index (χ4n) is 3.62. The summed E-state index contributed by atoms with van der Waals surface area (Å²) in [7, 11) is 1.70. The zero-order valence-electron chi connectivity index (χ0n) is 17.1. The second-order valence-corrected chi connectivity index (χ2v) is 9.38. The molecule has 0 spiro atoms. The normalized spacial score (nSPS) is 17.1. The van der Waals surface area contributed by atoms with Crippen LogP contribution in [0.3, 0.4) is 0 Å². The minimum absolute atomic E-state index is 0.0383. The molecule has 1 unspecified atom stereocenters. The lowest BCUT2D eigenvalue weighted by Crippen LogP contribution is -2.48. The van der Waals surface area contributed by atoms with E-state index in [2.05, 4.69) is 33.8 Å². The van der Waals surface area contributed by atoms with Gasteiger partial charge in [-0.05, 0) is 49.8 Å². The molecule has 0 fully saturated rings. The van der Waals surface area contributed by atoms with Crippen molar-refractivity contribution in [3.05, 3.63) is 57.8 Å². The number of nitrogens with one attached hydrogen (secondary N) is 1. The van der Waals surface area contributed by atoms with Crippen molar-refractivity contribution in [3.63, 3.8) is 0 Å². The van der Waals surface area contributed by atoms with E-state index in [1.807, 2.05) is 39.0 Å². The van der Waals surface area contributed by atoms with E-state index < -0.39 is 0 Å². The minimum Gasteiger partial charge on any atom is -0.350 e. The third-order valence-corrected chi connectivity index (χ3v) is 5.84. The number of amides is 2. The number of fused-ring (bicyclic) bond motifs is 1. The van der Waals surface area contributed by atoms with E-state index in [1.54, 1.807) is 18.4 Å². The molecule has 3 rings (SSSR count). The summed E-state index contributed by atoms with van der Waals surface area (Å²) >= 11 is 1.79. The summed E-state index contributed by atoms with van der Waals surface area (Å²) in [4.78, 5) is 30.2. The van der Waals surface area contributed by atoms with Gasteiger partial charge in [-0.3, -0.25) is 14.5 Å². The molecule has 1 atom stereocenters. The molecule has 0 radical (unpaired) electrons. The van der Waals surface area contributed by atoms with E-state index >= 15 is 0 Å². The van der Waals surface area contributed by atoms with E-state index in [1.165, 1.54) is 20.9 Å². The number of thiophene rings is 1. The molecule has 2 heterocycles. The fraction of sp³-hybridized carbons (Fsp3) is 0.455. The molecule has 28 heavy (non-hydrogen) atoms. The van der Waals surface area contributed by atoms with Gasteiger partial charge >= 0.3 is 0 Å². The van der Waals surface area contributed by atoms with Crippen LogP contribution in [0.2, 0.25) is 0 Å². The van der Waals surface area contributed by atoms with Crippen LogP contribution in [0.25, 0.3) is 0 Å². The highest BCUT2D eigenvalue weighted by molar-refractivity contribution is 7.10. The van der Waals surface area contributed by atoms with Gasteiger partial charge in [0.05, 0.1) is 19.1 Å². The Kier molecular flexibility index (Phi) is 6.20. The minimum atomic E-state index is -0.304. The first-order chi connectivity index (χ1) is 13.2. The molecule has 5 nitrogen and oxygen atoms in total. The standard InChI is InChI=1S/C22H29N3O2S/c1-22(2,3)23-19(26)14-24(4)20(27)15-25-12-10-18-17(11-13-28-18)21(25)16-8-6-5-7-9-16/h5-9,11,13,21H,10,12,14-15H2,1-4H3,(H,23,26). The van der Waals surface area contributed by atoms with Crippen molar-refractivity contribution in [3.8, 4) is 0 Å². The molecule has 1 aromatic heterocycles. The molecule has 0 saturated carbocycles. The Hall–Kier alpha value is -2.18. The van der Waals surface area contributed by atoms with Crippen LogP contribution in [-0.2, 0) is 16.0 Å². The van der Waals surface area contributed by atoms with Gasteiger partial charge in [0.15, 0.2) is 0 Å². The highest BCUT2D eigenvalue weighted by atomic mass is 32.1. The number of hydrogen-bond donors (Lipinski definition) is 1. The predicted octanol–water partition coefficient (Wildman–Crippen LogP) is 3.07. The number of carbonyl (C=O) groups excluding carboxylic acids is 2. The molecule has 0 saturated heterocycles. The monoisotopic (exact) mass is 399 g/mol. The number of rotatable bonds is 5. The summed E-state index contributed by atoms with van der Waals surface area (Å²) in [5, 5.41) is 5.04. The lowest BCUT2D eigenvalue weighted by Gasteiger charge is -2.36. The molecule has 1 aromatic carbocycles.